The van der Waals surface area contributed by atoms with Crippen molar-refractivity contribution in [3.05, 3.63) is 22.9 Å². The predicted molar refractivity (Wildman–Crippen MR) is 70.5 cm³/mol. The Balaban J connectivity index is 1.89. The number of nitrogens with zero attached hydrogens (tertiary/aromatic N) is 1. The highest BCUT2D eigenvalue weighted by Crippen LogP contribution is 2.28. The molecular weight excluding hydrogens is 256 g/mol. The van der Waals surface area contributed by atoms with Crippen LogP contribution in [0.4, 0.5) is 5.13 Å². The molecule has 17 heavy (non-hydrogen) atoms. The van der Waals surface area contributed by atoms with Crippen LogP contribution in [0.25, 0.3) is 10.6 Å². The molecule has 0 aliphatic rings. The van der Waals surface area contributed by atoms with Gasteiger partial charge in [0.25, 0.3) is 0 Å². The van der Waals surface area contributed by atoms with E-state index in [9.17, 15) is 4.79 Å². The summed E-state index contributed by atoms with van der Waals surface area (Å²) in [6, 6.07) is 4.04. The summed E-state index contributed by atoms with van der Waals surface area (Å²) in [7, 11) is 1.39. The Labute approximate surface area is 107 Å². The zero-order valence-electron chi connectivity index (χ0n) is 9.30. The van der Waals surface area contributed by atoms with Crippen molar-refractivity contribution in [1.29, 1.82) is 0 Å². The number of carbonyl (C=O) groups excluding carboxylic acids is 1. The average Bonchev–Trinajstić information content (AvgIpc) is 2.98. The second-order valence-electron chi connectivity index (χ2n) is 3.27. The van der Waals surface area contributed by atoms with E-state index < -0.39 is 0 Å². The minimum Gasteiger partial charge on any atom is -0.469 e. The van der Waals surface area contributed by atoms with E-state index in [1.807, 2.05) is 22.9 Å². The van der Waals surface area contributed by atoms with E-state index in [0.29, 0.717) is 13.0 Å². The summed E-state index contributed by atoms with van der Waals surface area (Å²) in [6.45, 7) is 0.546. The van der Waals surface area contributed by atoms with Gasteiger partial charge in [-0.3, -0.25) is 4.79 Å². The van der Waals surface area contributed by atoms with Crippen LogP contribution in [-0.4, -0.2) is 24.6 Å². The summed E-state index contributed by atoms with van der Waals surface area (Å²) < 4.78 is 4.56. The third-order valence-corrected chi connectivity index (χ3v) is 3.80. The van der Waals surface area contributed by atoms with Gasteiger partial charge in [-0.05, 0) is 11.4 Å². The van der Waals surface area contributed by atoms with E-state index in [4.69, 9.17) is 0 Å². The molecule has 0 unspecified atom stereocenters. The van der Waals surface area contributed by atoms with Crippen molar-refractivity contribution in [2.45, 2.75) is 6.42 Å². The summed E-state index contributed by atoms with van der Waals surface area (Å²) in [5, 5.41) is 7.97. The van der Waals surface area contributed by atoms with Crippen LogP contribution < -0.4 is 5.32 Å². The van der Waals surface area contributed by atoms with Crippen molar-refractivity contribution in [2.24, 2.45) is 0 Å². The van der Waals surface area contributed by atoms with Gasteiger partial charge in [0, 0.05) is 11.9 Å². The third-order valence-electron chi connectivity index (χ3n) is 2.11. The monoisotopic (exact) mass is 268 g/mol. The van der Waals surface area contributed by atoms with Crippen LogP contribution >= 0.6 is 22.7 Å². The Morgan fingerprint density at radius 3 is 3.12 bits per heavy atom. The number of anilines is 1. The van der Waals surface area contributed by atoms with Gasteiger partial charge in [0.05, 0.1) is 24.1 Å². The van der Waals surface area contributed by atoms with Gasteiger partial charge in [-0.1, -0.05) is 6.07 Å². The molecule has 2 aromatic heterocycles. The molecule has 0 bridgehead atoms. The molecule has 2 aromatic rings. The van der Waals surface area contributed by atoms with Gasteiger partial charge in [0.1, 0.15) is 0 Å². The van der Waals surface area contributed by atoms with Crippen LogP contribution in [0.15, 0.2) is 22.9 Å². The number of ether oxygens (including phenoxy) is 1. The molecule has 0 saturated heterocycles. The topological polar surface area (TPSA) is 51.2 Å². The fraction of sp³-hybridized carbons (Fsp3) is 0.273. The highest BCUT2D eigenvalue weighted by Gasteiger charge is 2.05. The van der Waals surface area contributed by atoms with Crippen molar-refractivity contribution in [3.8, 4) is 10.6 Å². The van der Waals surface area contributed by atoms with E-state index in [1.54, 1.807) is 11.3 Å². The molecule has 0 aliphatic carbocycles. The van der Waals surface area contributed by atoms with E-state index in [-0.39, 0.29) is 5.97 Å². The Morgan fingerprint density at radius 1 is 1.53 bits per heavy atom. The molecule has 4 nitrogen and oxygen atoms in total. The lowest BCUT2D eigenvalue weighted by Crippen LogP contribution is -2.09. The Kier molecular flexibility index (Phi) is 4.11. The Morgan fingerprint density at radius 2 is 2.41 bits per heavy atom. The summed E-state index contributed by atoms with van der Waals surface area (Å²) >= 11 is 3.20. The molecule has 0 saturated carbocycles. The number of esters is 1. The molecule has 0 spiro atoms. The summed E-state index contributed by atoms with van der Waals surface area (Å²) in [4.78, 5) is 16.5. The second-order valence-corrected chi connectivity index (χ2v) is 5.07. The molecule has 90 valence electrons. The van der Waals surface area contributed by atoms with E-state index in [1.165, 1.54) is 18.4 Å². The number of aromatic nitrogens is 1. The molecule has 0 fully saturated rings. The molecule has 6 heteroatoms. The molecule has 0 amide bonds. The van der Waals surface area contributed by atoms with Crippen LogP contribution in [0.1, 0.15) is 6.42 Å². The normalized spacial score (nSPS) is 10.2. The Bertz CT molecular complexity index is 479. The third kappa shape index (κ3) is 3.28. The van der Waals surface area contributed by atoms with E-state index in [0.717, 1.165) is 15.7 Å². The predicted octanol–water partition coefficient (Wildman–Crippen LogP) is 2.85. The first kappa shape index (κ1) is 12.1. The van der Waals surface area contributed by atoms with Gasteiger partial charge in [-0.15, -0.1) is 22.7 Å². The van der Waals surface area contributed by atoms with Gasteiger partial charge in [0.15, 0.2) is 5.13 Å². The van der Waals surface area contributed by atoms with Crippen molar-refractivity contribution in [3.63, 3.8) is 0 Å². The minimum absolute atomic E-state index is 0.215. The van der Waals surface area contributed by atoms with E-state index >= 15 is 0 Å². The minimum atomic E-state index is -0.215. The smallest absolute Gasteiger partial charge is 0.307 e. The summed E-state index contributed by atoms with van der Waals surface area (Å²) in [6.07, 6.45) is 0.352. The van der Waals surface area contributed by atoms with Gasteiger partial charge >= 0.3 is 5.97 Å². The maximum absolute atomic E-state index is 10.9. The molecule has 0 radical (unpaired) electrons. The molecule has 0 atom stereocenters. The van der Waals surface area contributed by atoms with Crippen LogP contribution in [0.2, 0.25) is 0 Å². The highest BCUT2D eigenvalue weighted by atomic mass is 32.1. The zero-order valence-corrected chi connectivity index (χ0v) is 10.9. The first-order valence-electron chi connectivity index (χ1n) is 5.09. The number of thiazole rings is 1. The number of methoxy groups -OCH3 is 1. The zero-order chi connectivity index (χ0) is 12.1. The van der Waals surface area contributed by atoms with Gasteiger partial charge in [0.2, 0.25) is 0 Å². The molecule has 0 aliphatic heterocycles. The molecule has 0 aromatic carbocycles. The Hall–Kier alpha value is -1.40. The largest absolute Gasteiger partial charge is 0.469 e. The van der Waals surface area contributed by atoms with Crippen LogP contribution in [0.5, 0.6) is 0 Å². The standard InChI is InChI=1S/C11H12N2O2S2/c1-15-10(14)4-5-12-11-13-8(7-17-11)9-3-2-6-16-9/h2-3,6-7H,4-5H2,1H3,(H,12,13). The van der Waals surface area contributed by atoms with Gasteiger partial charge in [-0.25, -0.2) is 4.98 Å². The molecule has 2 heterocycles. The maximum atomic E-state index is 10.9. The fourth-order valence-corrected chi connectivity index (χ4v) is 2.77. The molecule has 2 rings (SSSR count). The van der Waals surface area contributed by atoms with E-state index in [2.05, 4.69) is 15.0 Å². The number of rotatable bonds is 5. The average molecular weight is 268 g/mol. The van der Waals surface area contributed by atoms with Gasteiger partial charge < -0.3 is 10.1 Å². The van der Waals surface area contributed by atoms with Gasteiger partial charge in [-0.2, -0.15) is 0 Å². The van der Waals surface area contributed by atoms with Crippen molar-refractivity contribution < 1.29 is 9.53 Å². The quantitative estimate of drug-likeness (QED) is 0.847. The van der Waals surface area contributed by atoms with Crippen molar-refractivity contribution in [1.82, 2.24) is 4.98 Å². The molecule has 1 N–H and O–H groups in total. The highest BCUT2D eigenvalue weighted by molar-refractivity contribution is 7.15. The summed E-state index contributed by atoms with van der Waals surface area (Å²) in [5.74, 6) is -0.215. The SMILES string of the molecule is COC(=O)CCNc1nc(-c2cccs2)cs1. The van der Waals surface area contributed by atoms with Crippen LogP contribution in [0, 0.1) is 0 Å². The lowest BCUT2D eigenvalue weighted by atomic mass is 10.4. The fourth-order valence-electron chi connectivity index (χ4n) is 1.27. The summed E-state index contributed by atoms with van der Waals surface area (Å²) in [5.41, 5.74) is 0.977. The number of hydrogen-bond donors (Lipinski definition) is 1. The van der Waals surface area contributed by atoms with Crippen LogP contribution in [0.3, 0.4) is 0 Å². The number of hydrogen-bond acceptors (Lipinski definition) is 6. The first-order chi connectivity index (χ1) is 8.29. The van der Waals surface area contributed by atoms with Crippen molar-refractivity contribution in [2.75, 3.05) is 19.0 Å². The van der Waals surface area contributed by atoms with Crippen molar-refractivity contribution >= 4 is 33.8 Å². The molecular formula is C11H12N2O2S2. The maximum Gasteiger partial charge on any atom is 0.307 e. The lowest BCUT2D eigenvalue weighted by molar-refractivity contribution is -0.140. The number of carbonyl (C=O) groups is 1. The first-order valence-corrected chi connectivity index (χ1v) is 6.85. The number of thiophene rings is 1. The number of nitrogens with one attached hydrogen (secondary N) is 1. The lowest BCUT2D eigenvalue weighted by Gasteiger charge is -2.00. The second kappa shape index (κ2) is 5.79. The van der Waals surface area contributed by atoms with Crippen LogP contribution in [-0.2, 0) is 9.53 Å².